The van der Waals surface area contributed by atoms with Crippen molar-refractivity contribution < 1.29 is 4.74 Å². The Kier molecular flexibility index (Phi) is 6.92. The topological polar surface area (TPSA) is 33.0 Å². The molecular weight excluding hydrogens is 138 g/mol. The predicted octanol–water partition coefficient (Wildman–Crippen LogP) is 2.70. The fraction of sp³-hybridized carbons (Fsp3) is 0.889. The van der Waals surface area contributed by atoms with Gasteiger partial charge in [-0.25, -0.2) is 0 Å². The number of ether oxygens (including phenoxy) is 1. The molecule has 0 amide bonds. The summed E-state index contributed by atoms with van der Waals surface area (Å²) in [5, 5.41) is 8.05. The van der Waals surface area contributed by atoms with E-state index in [2.05, 4.69) is 18.6 Å². The van der Waals surface area contributed by atoms with Crippen molar-refractivity contribution >= 4 is 0 Å². The molecule has 2 nitrogen and oxygen atoms in total. The second kappa shape index (κ2) is 7.40. The number of hydrogen-bond acceptors (Lipinski definition) is 2. The summed E-state index contributed by atoms with van der Waals surface area (Å²) in [6, 6.07) is 0. The summed E-state index contributed by atoms with van der Waals surface area (Å²) >= 11 is 0. The lowest BCUT2D eigenvalue weighted by Gasteiger charge is -2.06. The Morgan fingerprint density at radius 3 is 2.73 bits per heavy atom. The summed E-state index contributed by atoms with van der Waals surface area (Å²) in [6.07, 6.45) is 6.36. The van der Waals surface area contributed by atoms with Crippen LogP contribution >= 0.6 is 0 Å². The largest absolute Gasteiger partial charge is 0.428 e. The molecule has 1 unspecified atom stereocenters. The highest BCUT2D eigenvalue weighted by Gasteiger charge is 1.97. The molecule has 0 radical (unpaired) electrons. The summed E-state index contributed by atoms with van der Waals surface area (Å²) in [5.41, 5.74) is 0. The molecule has 0 bridgehead atoms. The Balaban J connectivity index is 2.97. The molecule has 1 atom stereocenters. The van der Waals surface area contributed by atoms with Gasteiger partial charge in [-0.15, -0.1) is 0 Å². The smallest absolute Gasteiger partial charge is 0.286 e. The Bertz CT molecular complexity index is 117. The third kappa shape index (κ3) is 7.18. The Hall–Kier alpha value is -0.710. The molecule has 0 saturated heterocycles. The van der Waals surface area contributed by atoms with Crippen molar-refractivity contribution in [2.75, 3.05) is 6.61 Å². The number of hydrogen-bond donors (Lipinski definition) is 0. The highest BCUT2D eigenvalue weighted by molar-refractivity contribution is 4.52. The zero-order chi connectivity index (χ0) is 8.53. The lowest BCUT2D eigenvalue weighted by Crippen LogP contribution is -1.94. The SMILES string of the molecule is CCC(C)CCCCOC#N. The summed E-state index contributed by atoms with van der Waals surface area (Å²) in [7, 11) is 0. The maximum atomic E-state index is 8.05. The van der Waals surface area contributed by atoms with Crippen molar-refractivity contribution in [2.24, 2.45) is 5.92 Å². The normalized spacial score (nSPS) is 12.1. The number of rotatable bonds is 6. The van der Waals surface area contributed by atoms with Gasteiger partial charge in [-0.2, -0.15) is 5.26 Å². The standard InChI is InChI=1S/C9H17NO/c1-3-9(2)6-4-5-7-11-8-10/h9H,3-7H2,1-2H3. The maximum Gasteiger partial charge on any atom is 0.286 e. The summed E-state index contributed by atoms with van der Waals surface area (Å²) in [4.78, 5) is 0. The molecular formula is C9H17NO. The van der Waals surface area contributed by atoms with Crippen LogP contribution in [0, 0.1) is 17.4 Å². The van der Waals surface area contributed by atoms with Crippen molar-refractivity contribution in [1.29, 1.82) is 5.26 Å². The zero-order valence-electron chi connectivity index (χ0n) is 7.47. The van der Waals surface area contributed by atoms with E-state index in [1.54, 1.807) is 6.26 Å². The van der Waals surface area contributed by atoms with Gasteiger partial charge in [0.2, 0.25) is 0 Å². The summed E-state index contributed by atoms with van der Waals surface area (Å²) < 4.78 is 4.55. The monoisotopic (exact) mass is 155 g/mol. The van der Waals surface area contributed by atoms with E-state index in [0.29, 0.717) is 6.61 Å². The van der Waals surface area contributed by atoms with Crippen LogP contribution in [0.1, 0.15) is 39.5 Å². The molecule has 0 rings (SSSR count). The second-order valence-corrected chi connectivity index (χ2v) is 2.95. The van der Waals surface area contributed by atoms with Crippen LogP contribution < -0.4 is 0 Å². The van der Waals surface area contributed by atoms with Crippen LogP contribution in [0.2, 0.25) is 0 Å². The molecule has 0 saturated carbocycles. The first-order valence-electron chi connectivity index (χ1n) is 4.32. The molecule has 0 aromatic heterocycles. The lowest BCUT2D eigenvalue weighted by atomic mass is 10.0. The minimum absolute atomic E-state index is 0.590. The van der Waals surface area contributed by atoms with E-state index in [9.17, 15) is 0 Å². The van der Waals surface area contributed by atoms with Gasteiger partial charge in [0.25, 0.3) is 6.26 Å². The molecule has 0 aliphatic heterocycles. The molecule has 0 spiro atoms. The average Bonchev–Trinajstić information content (AvgIpc) is 2.04. The van der Waals surface area contributed by atoms with Gasteiger partial charge in [0, 0.05) is 0 Å². The van der Waals surface area contributed by atoms with Crippen LogP contribution in [0.3, 0.4) is 0 Å². The molecule has 0 aliphatic rings. The zero-order valence-corrected chi connectivity index (χ0v) is 7.47. The lowest BCUT2D eigenvalue weighted by molar-refractivity contribution is 0.257. The van der Waals surface area contributed by atoms with Gasteiger partial charge in [0.05, 0.1) is 0 Å². The molecule has 0 aliphatic carbocycles. The molecule has 0 aromatic carbocycles. The highest BCUT2D eigenvalue weighted by Crippen LogP contribution is 2.10. The molecule has 11 heavy (non-hydrogen) atoms. The van der Waals surface area contributed by atoms with E-state index < -0.39 is 0 Å². The van der Waals surface area contributed by atoms with E-state index >= 15 is 0 Å². The number of nitrogens with zero attached hydrogens (tertiary/aromatic N) is 1. The van der Waals surface area contributed by atoms with Crippen molar-refractivity contribution in [1.82, 2.24) is 0 Å². The molecule has 0 fully saturated rings. The number of unbranched alkanes of at least 4 members (excludes halogenated alkanes) is 1. The minimum Gasteiger partial charge on any atom is -0.428 e. The van der Waals surface area contributed by atoms with Crippen LogP contribution in [-0.4, -0.2) is 6.61 Å². The predicted molar refractivity (Wildman–Crippen MR) is 44.9 cm³/mol. The molecule has 2 heteroatoms. The third-order valence-corrected chi connectivity index (χ3v) is 1.95. The van der Waals surface area contributed by atoms with Crippen LogP contribution in [0.15, 0.2) is 0 Å². The van der Waals surface area contributed by atoms with Crippen molar-refractivity contribution in [3.63, 3.8) is 0 Å². The minimum atomic E-state index is 0.590. The van der Waals surface area contributed by atoms with Crippen molar-refractivity contribution in [2.45, 2.75) is 39.5 Å². The van der Waals surface area contributed by atoms with Gasteiger partial charge in [-0.05, 0) is 18.8 Å². The van der Waals surface area contributed by atoms with E-state index in [1.165, 1.54) is 19.3 Å². The van der Waals surface area contributed by atoms with E-state index in [-0.39, 0.29) is 0 Å². The van der Waals surface area contributed by atoms with Crippen molar-refractivity contribution in [3.8, 4) is 6.26 Å². The average molecular weight is 155 g/mol. The Labute approximate surface area is 69.2 Å². The maximum absolute atomic E-state index is 8.05. The van der Waals surface area contributed by atoms with E-state index in [4.69, 9.17) is 5.26 Å². The van der Waals surface area contributed by atoms with Crippen LogP contribution in [0.25, 0.3) is 0 Å². The molecule has 64 valence electrons. The molecule has 0 aromatic rings. The van der Waals surface area contributed by atoms with Gasteiger partial charge in [-0.3, -0.25) is 0 Å². The van der Waals surface area contributed by atoms with Crippen LogP contribution in [0.5, 0.6) is 0 Å². The second-order valence-electron chi connectivity index (χ2n) is 2.95. The fourth-order valence-corrected chi connectivity index (χ4v) is 0.917. The fourth-order valence-electron chi connectivity index (χ4n) is 0.917. The van der Waals surface area contributed by atoms with Gasteiger partial charge < -0.3 is 4.74 Å². The van der Waals surface area contributed by atoms with Crippen molar-refractivity contribution in [3.05, 3.63) is 0 Å². The Morgan fingerprint density at radius 1 is 1.45 bits per heavy atom. The van der Waals surface area contributed by atoms with Gasteiger partial charge in [0.15, 0.2) is 0 Å². The first-order chi connectivity index (χ1) is 5.31. The van der Waals surface area contributed by atoms with E-state index in [1.807, 2.05) is 0 Å². The van der Waals surface area contributed by atoms with E-state index in [0.717, 1.165) is 12.3 Å². The highest BCUT2D eigenvalue weighted by atomic mass is 16.5. The molecule has 0 heterocycles. The number of nitriles is 1. The van der Waals surface area contributed by atoms with Crippen LogP contribution in [0.4, 0.5) is 0 Å². The summed E-state index contributed by atoms with van der Waals surface area (Å²) in [5.74, 6) is 0.817. The molecule has 0 N–H and O–H groups in total. The first-order valence-corrected chi connectivity index (χ1v) is 4.32. The quantitative estimate of drug-likeness (QED) is 0.436. The first kappa shape index (κ1) is 10.3. The summed E-state index contributed by atoms with van der Waals surface area (Å²) in [6.45, 7) is 5.05. The van der Waals surface area contributed by atoms with Crippen LogP contribution in [-0.2, 0) is 4.74 Å². The van der Waals surface area contributed by atoms with Gasteiger partial charge >= 0.3 is 0 Å². The Morgan fingerprint density at radius 2 is 2.18 bits per heavy atom. The van der Waals surface area contributed by atoms with Gasteiger partial charge in [-0.1, -0.05) is 26.7 Å². The third-order valence-electron chi connectivity index (χ3n) is 1.95. The van der Waals surface area contributed by atoms with Gasteiger partial charge in [0.1, 0.15) is 6.61 Å².